The molecule has 52 valence electrons. The summed E-state index contributed by atoms with van der Waals surface area (Å²) in [4.78, 5) is 10.8. The molecule has 1 atom stereocenters. The fraction of sp³-hybridized carbons (Fsp3) is 0.833. The number of ketones is 1. The van der Waals surface area contributed by atoms with E-state index in [4.69, 9.17) is 23.2 Å². The molecule has 0 N–H and O–H groups in total. The van der Waals surface area contributed by atoms with E-state index < -0.39 is 9.75 Å². The minimum absolute atomic E-state index is 0.0764. The predicted octanol–water partition coefficient (Wildman–Crippen LogP) is 2.16. The van der Waals surface area contributed by atoms with Crippen molar-refractivity contribution in [3.8, 4) is 0 Å². The van der Waals surface area contributed by atoms with Crippen molar-refractivity contribution in [1.82, 2.24) is 0 Å². The third kappa shape index (κ3) is 0.870. The molecule has 0 heterocycles. The van der Waals surface area contributed by atoms with E-state index in [1.807, 2.05) is 0 Å². The first kappa shape index (κ1) is 7.36. The van der Waals surface area contributed by atoms with E-state index >= 15 is 0 Å². The van der Waals surface area contributed by atoms with Gasteiger partial charge in [0, 0.05) is 0 Å². The Morgan fingerprint density at radius 3 is 1.89 bits per heavy atom. The van der Waals surface area contributed by atoms with Crippen LogP contribution in [0.1, 0.15) is 20.3 Å². The van der Waals surface area contributed by atoms with E-state index in [2.05, 4.69) is 0 Å². The van der Waals surface area contributed by atoms with Gasteiger partial charge in [-0.1, -0.05) is 0 Å². The van der Waals surface area contributed by atoms with Crippen LogP contribution in [0.3, 0.4) is 0 Å². The zero-order valence-electron chi connectivity index (χ0n) is 5.37. The van der Waals surface area contributed by atoms with Crippen LogP contribution in [-0.4, -0.2) is 10.1 Å². The van der Waals surface area contributed by atoms with Gasteiger partial charge in [0.2, 0.25) is 0 Å². The maximum atomic E-state index is 10.8. The number of alkyl halides is 2. The summed E-state index contributed by atoms with van der Waals surface area (Å²) in [6.07, 6.45) is 0.596. The second-order valence-corrected chi connectivity index (χ2v) is 4.25. The molecular formula is C6H8Cl2O. The molecule has 0 amide bonds. The lowest BCUT2D eigenvalue weighted by Crippen LogP contribution is -2.13. The van der Waals surface area contributed by atoms with Gasteiger partial charge in [-0.15, -0.1) is 23.2 Å². The highest BCUT2D eigenvalue weighted by molar-refractivity contribution is 6.53. The van der Waals surface area contributed by atoms with Crippen molar-refractivity contribution >= 4 is 29.0 Å². The summed E-state index contributed by atoms with van der Waals surface area (Å²) in [6.45, 7) is 3.31. The van der Waals surface area contributed by atoms with E-state index in [9.17, 15) is 4.79 Å². The van der Waals surface area contributed by atoms with Gasteiger partial charge < -0.3 is 0 Å². The fourth-order valence-electron chi connectivity index (χ4n) is 0.782. The highest BCUT2D eigenvalue weighted by atomic mass is 35.5. The maximum absolute atomic E-state index is 10.8. The van der Waals surface area contributed by atoms with E-state index in [0.29, 0.717) is 6.42 Å². The lowest BCUT2D eigenvalue weighted by atomic mass is 10.1. The van der Waals surface area contributed by atoms with Gasteiger partial charge in [-0.3, -0.25) is 4.79 Å². The molecule has 1 saturated carbocycles. The molecule has 0 radical (unpaired) electrons. The molecule has 3 heteroatoms. The fourth-order valence-corrected chi connectivity index (χ4v) is 1.58. The molecule has 1 fully saturated rings. The number of halogens is 2. The summed E-state index contributed by atoms with van der Waals surface area (Å²) in [5.41, 5.74) is -0.462. The Balaban J connectivity index is 2.74. The first-order valence-electron chi connectivity index (χ1n) is 2.79. The van der Waals surface area contributed by atoms with Crippen molar-refractivity contribution in [2.24, 2.45) is 5.41 Å². The number of carbonyl (C=O) groups is 1. The standard InChI is InChI=1S/C6H8Cl2O/c1-4(9)5(2)3-6(5,7)8/h3H2,1-2H3. The Labute approximate surface area is 64.3 Å². The Hall–Kier alpha value is 0.250. The maximum Gasteiger partial charge on any atom is 0.138 e. The molecule has 0 aromatic rings. The SMILES string of the molecule is CC(=O)C1(C)CC1(Cl)Cl. The summed E-state index contributed by atoms with van der Waals surface area (Å²) in [5, 5.41) is 0. The molecule has 0 aromatic heterocycles. The van der Waals surface area contributed by atoms with Gasteiger partial charge >= 0.3 is 0 Å². The molecule has 0 aliphatic heterocycles. The molecule has 1 aliphatic rings. The lowest BCUT2D eigenvalue weighted by Gasteiger charge is -2.04. The minimum atomic E-state index is -0.779. The van der Waals surface area contributed by atoms with Gasteiger partial charge in [0.05, 0.1) is 5.41 Å². The van der Waals surface area contributed by atoms with Crippen LogP contribution in [-0.2, 0) is 4.79 Å². The largest absolute Gasteiger partial charge is 0.299 e. The van der Waals surface area contributed by atoms with Crippen molar-refractivity contribution in [1.29, 1.82) is 0 Å². The molecule has 1 aliphatic carbocycles. The van der Waals surface area contributed by atoms with Crippen LogP contribution in [0.15, 0.2) is 0 Å². The molecule has 1 rings (SSSR count). The predicted molar refractivity (Wildman–Crippen MR) is 37.8 cm³/mol. The van der Waals surface area contributed by atoms with Gasteiger partial charge in [-0.25, -0.2) is 0 Å². The van der Waals surface area contributed by atoms with Crippen molar-refractivity contribution in [3.63, 3.8) is 0 Å². The third-order valence-corrected chi connectivity index (χ3v) is 3.14. The molecule has 9 heavy (non-hydrogen) atoms. The first-order valence-corrected chi connectivity index (χ1v) is 3.55. The number of rotatable bonds is 1. The second-order valence-electron chi connectivity index (χ2n) is 2.77. The first-order chi connectivity index (χ1) is 3.90. The molecule has 1 unspecified atom stereocenters. The molecule has 0 saturated heterocycles. The number of hydrogen-bond donors (Lipinski definition) is 0. The normalized spacial score (nSPS) is 38.2. The van der Waals surface area contributed by atoms with Crippen molar-refractivity contribution in [2.75, 3.05) is 0 Å². The average molecular weight is 167 g/mol. The van der Waals surface area contributed by atoms with Gasteiger partial charge in [-0.2, -0.15) is 0 Å². The highest BCUT2D eigenvalue weighted by Gasteiger charge is 2.66. The topological polar surface area (TPSA) is 17.1 Å². The van der Waals surface area contributed by atoms with Crippen LogP contribution in [0.25, 0.3) is 0 Å². The van der Waals surface area contributed by atoms with E-state index in [1.54, 1.807) is 6.92 Å². The van der Waals surface area contributed by atoms with Crippen LogP contribution in [0.4, 0.5) is 0 Å². The zero-order valence-corrected chi connectivity index (χ0v) is 6.88. The smallest absolute Gasteiger partial charge is 0.138 e. The summed E-state index contributed by atoms with van der Waals surface area (Å²) < 4.78 is -0.779. The molecule has 0 aromatic carbocycles. The van der Waals surface area contributed by atoms with E-state index in [1.165, 1.54) is 6.92 Å². The van der Waals surface area contributed by atoms with Crippen LogP contribution < -0.4 is 0 Å². The van der Waals surface area contributed by atoms with Gasteiger partial charge in [0.25, 0.3) is 0 Å². The third-order valence-electron chi connectivity index (χ3n) is 2.03. The Kier molecular flexibility index (Phi) is 1.34. The zero-order chi connectivity index (χ0) is 7.28. The van der Waals surface area contributed by atoms with Crippen LogP contribution in [0.2, 0.25) is 0 Å². The summed E-state index contributed by atoms with van der Waals surface area (Å²) in [5.74, 6) is 0.0764. The highest BCUT2D eigenvalue weighted by Crippen LogP contribution is 2.64. The van der Waals surface area contributed by atoms with Gasteiger partial charge in [-0.05, 0) is 20.3 Å². The molecule has 0 spiro atoms. The number of carbonyl (C=O) groups excluding carboxylic acids is 1. The second kappa shape index (κ2) is 1.64. The minimum Gasteiger partial charge on any atom is -0.299 e. The molecular weight excluding hydrogens is 159 g/mol. The summed E-state index contributed by atoms with van der Waals surface area (Å²) in [7, 11) is 0. The van der Waals surface area contributed by atoms with Crippen molar-refractivity contribution in [2.45, 2.75) is 24.6 Å². The van der Waals surface area contributed by atoms with Crippen LogP contribution >= 0.6 is 23.2 Å². The van der Waals surface area contributed by atoms with Crippen molar-refractivity contribution in [3.05, 3.63) is 0 Å². The monoisotopic (exact) mass is 166 g/mol. The summed E-state index contributed by atoms with van der Waals surface area (Å²) in [6, 6.07) is 0. The van der Waals surface area contributed by atoms with E-state index in [0.717, 1.165) is 0 Å². The Morgan fingerprint density at radius 1 is 1.56 bits per heavy atom. The Bertz CT molecular complexity index is 164. The van der Waals surface area contributed by atoms with Crippen LogP contribution in [0.5, 0.6) is 0 Å². The lowest BCUT2D eigenvalue weighted by molar-refractivity contribution is -0.121. The van der Waals surface area contributed by atoms with Crippen LogP contribution in [0, 0.1) is 5.41 Å². The average Bonchev–Trinajstić information content (AvgIpc) is 2.08. The van der Waals surface area contributed by atoms with Gasteiger partial charge in [0.1, 0.15) is 10.1 Å². The van der Waals surface area contributed by atoms with Crippen molar-refractivity contribution < 1.29 is 4.79 Å². The molecule has 1 nitrogen and oxygen atoms in total. The number of Topliss-reactive ketones (excluding diaryl/α,β-unsaturated/α-hetero) is 1. The summed E-state index contributed by atoms with van der Waals surface area (Å²) >= 11 is 11.4. The quantitative estimate of drug-likeness (QED) is 0.547. The Morgan fingerprint density at radius 2 is 1.89 bits per heavy atom. The van der Waals surface area contributed by atoms with E-state index in [-0.39, 0.29) is 5.78 Å². The number of hydrogen-bond acceptors (Lipinski definition) is 1. The molecule has 0 bridgehead atoms. The van der Waals surface area contributed by atoms with Gasteiger partial charge in [0.15, 0.2) is 0 Å².